The summed E-state index contributed by atoms with van der Waals surface area (Å²) in [5, 5.41) is 4.37. The third kappa shape index (κ3) is 4.22. The van der Waals surface area contributed by atoms with Crippen LogP contribution in [0.5, 0.6) is 0 Å². The average molecular weight is 511 g/mol. The molecule has 0 aliphatic carbocycles. The van der Waals surface area contributed by atoms with Crippen molar-refractivity contribution in [2.75, 3.05) is 36.5 Å². The van der Waals surface area contributed by atoms with Gasteiger partial charge in [0.05, 0.1) is 47.4 Å². The van der Waals surface area contributed by atoms with E-state index in [1.807, 2.05) is 31.2 Å². The smallest absolute Gasteiger partial charge is 0.256 e. The van der Waals surface area contributed by atoms with Gasteiger partial charge in [-0.25, -0.2) is 8.78 Å². The second kappa shape index (κ2) is 9.79. The van der Waals surface area contributed by atoms with Crippen molar-refractivity contribution < 1.29 is 18.3 Å². The number of amides is 1. The van der Waals surface area contributed by atoms with E-state index in [4.69, 9.17) is 4.74 Å². The molecular formula is C30H24F2N4O2. The number of nitrogens with one attached hydrogen (secondary N) is 1. The molecule has 6 nitrogen and oxygen atoms in total. The van der Waals surface area contributed by atoms with Crippen LogP contribution in [0.25, 0.3) is 32.9 Å². The van der Waals surface area contributed by atoms with Gasteiger partial charge in [0.1, 0.15) is 11.6 Å². The molecule has 190 valence electrons. The summed E-state index contributed by atoms with van der Waals surface area (Å²) in [7, 11) is 0. The number of rotatable bonds is 4. The van der Waals surface area contributed by atoms with Crippen molar-refractivity contribution >= 4 is 39.1 Å². The van der Waals surface area contributed by atoms with Crippen LogP contribution in [-0.2, 0) is 4.74 Å². The highest BCUT2D eigenvalue weighted by molar-refractivity contribution is 6.15. The summed E-state index contributed by atoms with van der Waals surface area (Å²) < 4.78 is 35.7. The lowest BCUT2D eigenvalue weighted by Gasteiger charge is -2.31. The van der Waals surface area contributed by atoms with Crippen LogP contribution in [0.4, 0.5) is 20.2 Å². The molecule has 3 heterocycles. The van der Waals surface area contributed by atoms with Gasteiger partial charge in [0.2, 0.25) is 0 Å². The summed E-state index contributed by atoms with van der Waals surface area (Å²) in [6.45, 7) is 3.99. The summed E-state index contributed by atoms with van der Waals surface area (Å²) >= 11 is 0. The van der Waals surface area contributed by atoms with Crippen LogP contribution in [0.1, 0.15) is 15.9 Å². The number of anilines is 2. The molecule has 0 spiro atoms. The largest absolute Gasteiger partial charge is 0.378 e. The number of carbonyl (C=O) groups excluding carboxylic acids is 1. The molecule has 1 amide bonds. The van der Waals surface area contributed by atoms with E-state index in [-0.39, 0.29) is 17.0 Å². The second-order valence-corrected chi connectivity index (χ2v) is 9.25. The number of benzene rings is 3. The van der Waals surface area contributed by atoms with E-state index in [9.17, 15) is 9.18 Å². The molecule has 1 N–H and O–H groups in total. The number of nitrogens with zero attached hydrogens (tertiary/aromatic N) is 3. The lowest BCUT2D eigenvalue weighted by atomic mass is 9.97. The van der Waals surface area contributed by atoms with Crippen LogP contribution in [-0.4, -0.2) is 42.2 Å². The third-order valence-corrected chi connectivity index (χ3v) is 6.82. The first kappa shape index (κ1) is 23.9. The minimum Gasteiger partial charge on any atom is -0.378 e. The normalized spacial score (nSPS) is 13.7. The van der Waals surface area contributed by atoms with Crippen molar-refractivity contribution in [2.24, 2.45) is 0 Å². The van der Waals surface area contributed by atoms with Gasteiger partial charge in [0, 0.05) is 41.2 Å². The fraction of sp³-hybridized carbons (Fsp3) is 0.167. The van der Waals surface area contributed by atoms with Gasteiger partial charge in [0.25, 0.3) is 5.91 Å². The van der Waals surface area contributed by atoms with E-state index in [1.54, 1.807) is 30.5 Å². The van der Waals surface area contributed by atoms with E-state index >= 15 is 4.39 Å². The predicted molar refractivity (Wildman–Crippen MR) is 145 cm³/mol. The van der Waals surface area contributed by atoms with Gasteiger partial charge in [-0.1, -0.05) is 29.8 Å². The summed E-state index contributed by atoms with van der Waals surface area (Å²) in [4.78, 5) is 24.5. The number of aryl methyl sites for hydroxylation is 1. The van der Waals surface area contributed by atoms with Gasteiger partial charge in [-0.15, -0.1) is 0 Å². The van der Waals surface area contributed by atoms with Crippen molar-refractivity contribution in [3.8, 4) is 11.1 Å². The van der Waals surface area contributed by atoms with Crippen LogP contribution in [0.15, 0.2) is 73.1 Å². The highest BCUT2D eigenvalue weighted by atomic mass is 19.1. The Kier molecular flexibility index (Phi) is 6.17. The van der Waals surface area contributed by atoms with Crippen LogP contribution in [0, 0.1) is 18.6 Å². The molecule has 0 radical (unpaired) electrons. The molecule has 5 aromatic rings. The number of carbonyl (C=O) groups is 1. The zero-order chi connectivity index (χ0) is 26.2. The summed E-state index contributed by atoms with van der Waals surface area (Å²) in [6.07, 6.45) is 3.12. The number of aromatic nitrogens is 2. The molecule has 0 bridgehead atoms. The van der Waals surface area contributed by atoms with Crippen LogP contribution in [0.3, 0.4) is 0 Å². The fourth-order valence-corrected chi connectivity index (χ4v) is 5.02. The molecule has 8 heteroatoms. The van der Waals surface area contributed by atoms with Gasteiger partial charge < -0.3 is 15.0 Å². The molecule has 38 heavy (non-hydrogen) atoms. The maximum absolute atomic E-state index is 15.3. The van der Waals surface area contributed by atoms with E-state index in [1.165, 1.54) is 18.3 Å². The SMILES string of the molecule is Cc1ccc(F)c(-c2c(F)ccc3c(N4CCOCC4)c(NC(=O)c4ccnc5ccccc45)cnc23)c1. The first-order valence-electron chi connectivity index (χ1n) is 12.4. The van der Waals surface area contributed by atoms with Crippen LogP contribution >= 0.6 is 0 Å². The first-order valence-corrected chi connectivity index (χ1v) is 12.4. The third-order valence-electron chi connectivity index (χ3n) is 6.82. The zero-order valence-electron chi connectivity index (χ0n) is 20.7. The molecule has 1 fully saturated rings. The summed E-state index contributed by atoms with van der Waals surface area (Å²) in [5.41, 5.74) is 3.73. The number of morpholine rings is 1. The standard InChI is InChI=1S/C30H24F2N4O2/c1-18-6-8-23(31)22(16-18)27-24(32)9-7-21-28(27)34-17-26(29(21)36-12-14-38-15-13-36)35-30(37)20-10-11-33-25-5-3-2-4-19(20)25/h2-11,16-17H,12-15H2,1H3,(H,35,37). The quantitative estimate of drug-likeness (QED) is 0.315. The zero-order valence-corrected chi connectivity index (χ0v) is 20.7. The van der Waals surface area contributed by atoms with E-state index in [0.717, 1.165) is 10.9 Å². The monoisotopic (exact) mass is 510 g/mol. The maximum atomic E-state index is 15.3. The van der Waals surface area contributed by atoms with Crippen LogP contribution < -0.4 is 10.2 Å². The van der Waals surface area contributed by atoms with Gasteiger partial charge in [-0.2, -0.15) is 0 Å². The van der Waals surface area contributed by atoms with Gasteiger partial charge in [0.15, 0.2) is 0 Å². The molecule has 0 unspecified atom stereocenters. The highest BCUT2D eigenvalue weighted by Gasteiger charge is 2.24. The van der Waals surface area contributed by atoms with E-state index in [0.29, 0.717) is 59.7 Å². The predicted octanol–water partition coefficient (Wildman–Crippen LogP) is 6.13. The average Bonchev–Trinajstić information content (AvgIpc) is 2.94. The number of hydrogen-bond donors (Lipinski definition) is 1. The Balaban J connectivity index is 1.52. The minimum absolute atomic E-state index is 0.0937. The van der Waals surface area contributed by atoms with E-state index < -0.39 is 11.6 Å². The van der Waals surface area contributed by atoms with E-state index in [2.05, 4.69) is 20.2 Å². The van der Waals surface area contributed by atoms with Crippen LogP contribution in [0.2, 0.25) is 0 Å². The van der Waals surface area contributed by atoms with Crippen molar-refractivity contribution in [2.45, 2.75) is 6.92 Å². The van der Waals surface area contributed by atoms with Crippen molar-refractivity contribution in [3.63, 3.8) is 0 Å². The lowest BCUT2D eigenvalue weighted by Crippen LogP contribution is -2.37. The Morgan fingerprint density at radius 2 is 1.74 bits per heavy atom. The maximum Gasteiger partial charge on any atom is 0.256 e. The number of hydrogen-bond acceptors (Lipinski definition) is 5. The molecule has 2 aromatic heterocycles. The Bertz CT molecular complexity index is 1690. The second-order valence-electron chi connectivity index (χ2n) is 9.25. The topological polar surface area (TPSA) is 67.3 Å². The van der Waals surface area contributed by atoms with Crippen molar-refractivity contribution in [1.29, 1.82) is 0 Å². The molecule has 1 saturated heterocycles. The van der Waals surface area contributed by atoms with Gasteiger partial charge >= 0.3 is 0 Å². The fourth-order valence-electron chi connectivity index (χ4n) is 5.02. The molecule has 0 atom stereocenters. The Morgan fingerprint density at radius 3 is 2.58 bits per heavy atom. The lowest BCUT2D eigenvalue weighted by molar-refractivity contribution is 0.102. The molecule has 0 saturated carbocycles. The van der Waals surface area contributed by atoms with Gasteiger partial charge in [-0.3, -0.25) is 14.8 Å². The summed E-state index contributed by atoms with van der Waals surface area (Å²) in [6, 6.07) is 16.7. The molecule has 3 aromatic carbocycles. The molecular weight excluding hydrogens is 486 g/mol. The first-order chi connectivity index (χ1) is 18.5. The number of fused-ring (bicyclic) bond motifs is 2. The Morgan fingerprint density at radius 1 is 0.947 bits per heavy atom. The van der Waals surface area contributed by atoms with Crippen molar-refractivity contribution in [3.05, 3.63) is 95.8 Å². The molecule has 1 aliphatic rings. The Labute approximate surface area is 217 Å². The Hall–Kier alpha value is -4.43. The van der Waals surface area contributed by atoms with Crippen molar-refractivity contribution in [1.82, 2.24) is 9.97 Å². The molecule has 6 rings (SSSR count). The highest BCUT2D eigenvalue weighted by Crippen LogP contribution is 2.40. The summed E-state index contributed by atoms with van der Waals surface area (Å²) in [5.74, 6) is -1.41. The molecule has 1 aliphatic heterocycles. The number of ether oxygens (including phenoxy) is 1. The number of halogens is 2. The van der Waals surface area contributed by atoms with Gasteiger partial charge in [-0.05, 0) is 43.3 Å². The minimum atomic E-state index is -0.567. The number of pyridine rings is 2. The number of para-hydroxylation sites is 1.